The number of rotatable bonds is 10. The van der Waals surface area contributed by atoms with Crippen molar-refractivity contribution in [3.05, 3.63) is 239 Å². The van der Waals surface area contributed by atoms with Crippen LogP contribution in [0.25, 0.3) is 44.3 Å². The first-order valence-corrected chi connectivity index (χ1v) is 30.3. The van der Waals surface area contributed by atoms with Crippen LogP contribution >= 0.6 is 0 Å². The molecule has 12 nitrogen and oxygen atoms in total. The molecule has 0 aliphatic carbocycles. The predicted molar refractivity (Wildman–Crippen MR) is 297 cm³/mol. The molecule has 0 saturated heterocycles. The van der Waals surface area contributed by atoms with Crippen molar-refractivity contribution in [1.29, 1.82) is 0 Å². The Kier molecular flexibility index (Phi) is 12.9. The quantitative estimate of drug-likeness (QED) is 0.131. The average molecular weight is 1090 g/mol. The molecule has 10 aromatic rings. The third kappa shape index (κ3) is 8.78. The molecule has 0 atom stereocenters. The van der Waals surface area contributed by atoms with Crippen LogP contribution in [-0.2, 0) is 66.3 Å². The third-order valence-electron chi connectivity index (χ3n) is 14.2. The molecule has 0 amide bonds. The highest BCUT2D eigenvalue weighted by atomic mass is 32.2. The van der Waals surface area contributed by atoms with Crippen molar-refractivity contribution < 1.29 is 33.7 Å². The van der Waals surface area contributed by atoms with Crippen molar-refractivity contribution in [2.24, 2.45) is 0 Å². The standard InChI is InChI=1S/2C30H26N2O4S2/c2*1-21-11-15-25(16-12-21)37(33,34)31-19-24-9-6-10-28-29(24)27(20-31)30(23-7-4-3-5-8-23)32(28)38(35,36)26-17-13-22(2)14-18-26/h2*3-18H,19-20H2,1-2H3. The Morgan fingerprint density at radius 2 is 0.592 bits per heavy atom. The van der Waals surface area contributed by atoms with Crippen LogP contribution in [0.15, 0.2) is 214 Å². The summed E-state index contributed by atoms with van der Waals surface area (Å²) in [5.74, 6) is 0. The number of aromatic nitrogens is 2. The van der Waals surface area contributed by atoms with Crippen LogP contribution in [0.3, 0.4) is 0 Å². The largest absolute Gasteiger partial charge is 0.268 e. The fraction of sp³-hybridized carbons (Fsp3) is 0.133. The topological polar surface area (TPSA) is 153 Å². The SMILES string of the molecule is Cc1ccc(S(=O)(=O)N2Cc3cccc4c3c(c(-c3ccccc3)n4S(=O)(=O)c3ccc(C)cc3)C2)cc1.Cc1ccc(S(=O)(=O)N2Cc3cccc4c3c(c(-c3ccccc3)n4S(=O)(=O)c3ccc(C)cc3)C2)cc1. The van der Waals surface area contributed by atoms with Crippen LogP contribution in [0.1, 0.15) is 44.5 Å². The second kappa shape index (κ2) is 19.3. The minimum atomic E-state index is -4.00. The average Bonchev–Trinajstić information content (AvgIpc) is 4.02. The van der Waals surface area contributed by atoms with Gasteiger partial charge in [-0.25, -0.2) is 41.6 Å². The van der Waals surface area contributed by atoms with Gasteiger partial charge in [-0.1, -0.05) is 156 Å². The molecule has 0 saturated carbocycles. The molecule has 8 aromatic carbocycles. The van der Waals surface area contributed by atoms with E-state index < -0.39 is 40.1 Å². The highest BCUT2D eigenvalue weighted by Gasteiger charge is 2.38. The molecule has 2 aliphatic rings. The highest BCUT2D eigenvalue weighted by molar-refractivity contribution is 7.90. The smallest absolute Gasteiger partial charge is 0.233 e. The van der Waals surface area contributed by atoms with E-state index in [0.717, 1.165) is 44.2 Å². The van der Waals surface area contributed by atoms with E-state index in [1.165, 1.54) is 16.6 Å². The number of hydrogen-bond acceptors (Lipinski definition) is 8. The van der Waals surface area contributed by atoms with Gasteiger partial charge < -0.3 is 0 Å². The maximum absolute atomic E-state index is 14.2. The van der Waals surface area contributed by atoms with Crippen LogP contribution in [0.2, 0.25) is 0 Å². The summed E-state index contributed by atoms with van der Waals surface area (Å²) in [6.45, 7) is 8.07. The summed E-state index contributed by atoms with van der Waals surface area (Å²) in [6, 6.07) is 56.7. The molecular weight excluding hydrogens is 1030 g/mol. The summed E-state index contributed by atoms with van der Waals surface area (Å²) in [6.07, 6.45) is 0. The van der Waals surface area contributed by atoms with Gasteiger partial charge in [0.15, 0.2) is 0 Å². The number of aryl methyl sites for hydroxylation is 4. The number of benzene rings is 8. The normalized spacial score (nSPS) is 14.2. The fourth-order valence-corrected chi connectivity index (χ4v) is 16.2. The second-order valence-electron chi connectivity index (χ2n) is 19.3. The van der Waals surface area contributed by atoms with E-state index in [0.29, 0.717) is 44.7 Å². The van der Waals surface area contributed by atoms with Gasteiger partial charge in [-0.05, 0) is 111 Å². The second-order valence-corrected chi connectivity index (χ2v) is 26.8. The van der Waals surface area contributed by atoms with E-state index in [9.17, 15) is 33.7 Å². The lowest BCUT2D eigenvalue weighted by Gasteiger charge is -2.27. The van der Waals surface area contributed by atoms with Gasteiger partial charge in [0, 0.05) is 48.1 Å². The monoisotopic (exact) mass is 1080 g/mol. The summed E-state index contributed by atoms with van der Waals surface area (Å²) in [7, 11) is -15.7. The molecule has 0 bridgehead atoms. The Labute approximate surface area is 444 Å². The van der Waals surface area contributed by atoms with E-state index in [-0.39, 0.29) is 45.8 Å². The first-order valence-electron chi connectivity index (χ1n) is 24.5. The zero-order chi connectivity index (χ0) is 53.3. The Balaban J connectivity index is 0.000000162. The van der Waals surface area contributed by atoms with E-state index >= 15 is 0 Å². The molecular formula is C60H52N4O8S4. The van der Waals surface area contributed by atoms with Gasteiger partial charge in [0.1, 0.15) is 0 Å². The van der Waals surface area contributed by atoms with Crippen LogP contribution in [0.5, 0.6) is 0 Å². The van der Waals surface area contributed by atoms with Crippen molar-refractivity contribution in [2.75, 3.05) is 0 Å². The number of sulfonamides is 2. The van der Waals surface area contributed by atoms with Crippen molar-refractivity contribution in [1.82, 2.24) is 16.6 Å². The number of hydrogen-bond donors (Lipinski definition) is 0. The van der Waals surface area contributed by atoms with Gasteiger partial charge in [0.05, 0.1) is 42.0 Å². The lowest BCUT2D eigenvalue weighted by molar-refractivity contribution is 0.396. The summed E-state index contributed by atoms with van der Waals surface area (Å²) in [5.41, 5.74) is 10.2. The Bertz CT molecular complexity index is 4070. The summed E-state index contributed by atoms with van der Waals surface area (Å²) in [4.78, 5) is 0.786. The van der Waals surface area contributed by atoms with Gasteiger partial charge in [-0.2, -0.15) is 8.61 Å². The highest BCUT2D eigenvalue weighted by Crippen LogP contribution is 2.45. The summed E-state index contributed by atoms with van der Waals surface area (Å²) < 4.78 is 117. The van der Waals surface area contributed by atoms with Gasteiger partial charge in [-0.3, -0.25) is 0 Å². The van der Waals surface area contributed by atoms with Crippen molar-refractivity contribution in [2.45, 2.75) is 73.5 Å². The maximum atomic E-state index is 14.2. The van der Waals surface area contributed by atoms with Crippen molar-refractivity contribution in [3.63, 3.8) is 0 Å². The van der Waals surface area contributed by atoms with E-state index in [4.69, 9.17) is 0 Å². The van der Waals surface area contributed by atoms with Crippen molar-refractivity contribution >= 4 is 61.9 Å². The molecule has 0 N–H and O–H groups in total. The summed E-state index contributed by atoms with van der Waals surface area (Å²) >= 11 is 0. The molecule has 0 fully saturated rings. The van der Waals surface area contributed by atoms with E-state index in [1.807, 2.05) is 100 Å². The molecule has 76 heavy (non-hydrogen) atoms. The fourth-order valence-electron chi connectivity index (χ4n) is 10.3. The maximum Gasteiger partial charge on any atom is 0.268 e. The third-order valence-corrected chi connectivity index (χ3v) is 21.2. The van der Waals surface area contributed by atoms with Gasteiger partial charge >= 0.3 is 0 Å². The predicted octanol–water partition coefficient (Wildman–Crippen LogP) is 11.7. The van der Waals surface area contributed by atoms with Crippen LogP contribution in [-0.4, -0.2) is 50.2 Å². The zero-order valence-corrected chi connectivity index (χ0v) is 45.3. The molecule has 0 unspecified atom stereocenters. The molecule has 384 valence electrons. The molecule has 2 aliphatic heterocycles. The first-order chi connectivity index (χ1) is 36.3. The molecule has 0 spiro atoms. The number of nitrogens with zero attached hydrogens (tertiary/aromatic N) is 4. The molecule has 0 radical (unpaired) electrons. The molecule has 12 rings (SSSR count). The van der Waals surface area contributed by atoms with Gasteiger partial charge in [-0.15, -0.1) is 0 Å². The van der Waals surface area contributed by atoms with E-state index in [2.05, 4.69) is 0 Å². The molecule has 2 aromatic heterocycles. The Morgan fingerprint density at radius 3 is 0.895 bits per heavy atom. The summed E-state index contributed by atoms with van der Waals surface area (Å²) in [5, 5.41) is 1.58. The van der Waals surface area contributed by atoms with E-state index in [1.54, 1.807) is 121 Å². The molecule has 4 heterocycles. The lowest BCUT2D eigenvalue weighted by atomic mass is 9.99. The Morgan fingerprint density at radius 1 is 0.303 bits per heavy atom. The van der Waals surface area contributed by atoms with Gasteiger partial charge in [0.25, 0.3) is 20.0 Å². The molecule has 16 heteroatoms. The van der Waals surface area contributed by atoms with Crippen LogP contribution in [0.4, 0.5) is 0 Å². The minimum absolute atomic E-state index is 0.0599. The van der Waals surface area contributed by atoms with Crippen LogP contribution < -0.4 is 0 Å². The van der Waals surface area contributed by atoms with Crippen molar-refractivity contribution in [3.8, 4) is 22.5 Å². The first kappa shape index (κ1) is 50.7. The zero-order valence-electron chi connectivity index (χ0n) is 42.0. The minimum Gasteiger partial charge on any atom is -0.233 e. The van der Waals surface area contributed by atoms with Gasteiger partial charge in [0.2, 0.25) is 20.0 Å². The Hall–Kier alpha value is -7.44. The lowest BCUT2D eigenvalue weighted by Crippen LogP contribution is -2.32. The van der Waals surface area contributed by atoms with Crippen LogP contribution in [0, 0.1) is 27.7 Å².